The fraction of sp³-hybridized carbons (Fsp3) is 0.270. The highest BCUT2D eigenvalue weighted by molar-refractivity contribution is 5.92. The third-order valence-corrected chi connectivity index (χ3v) is 7.63. The average Bonchev–Trinajstić information content (AvgIpc) is 3.11. The Labute approximate surface area is 282 Å². The SMILES string of the molecule is O=C(CC(c1ccc(F)cc1)c1ccc(F)cc1)Nc1cncc(F)c1CC#CC1CN[C@H](COC(=O)NCCOc2ccccc2)CO1. The van der Waals surface area contributed by atoms with Crippen molar-refractivity contribution in [1.29, 1.82) is 0 Å². The lowest BCUT2D eigenvalue weighted by atomic mass is 9.88. The largest absolute Gasteiger partial charge is 0.492 e. The second-order valence-corrected chi connectivity index (χ2v) is 11.2. The maximum atomic E-state index is 14.9. The Kier molecular flexibility index (Phi) is 12.6. The molecule has 1 unspecified atom stereocenters. The third-order valence-electron chi connectivity index (χ3n) is 7.63. The molecule has 1 saturated heterocycles. The fourth-order valence-electron chi connectivity index (χ4n) is 5.10. The van der Waals surface area contributed by atoms with Crippen LogP contribution in [-0.2, 0) is 20.7 Å². The first-order valence-electron chi connectivity index (χ1n) is 15.7. The van der Waals surface area contributed by atoms with Crippen LogP contribution in [0, 0.1) is 29.3 Å². The zero-order valence-electron chi connectivity index (χ0n) is 26.5. The standard InChI is InChI=1S/C37H35F3N4O5/c38-27-13-9-25(10-14-27)33(26-11-15-28(39)16-12-26)19-36(45)44-35-22-41-21-34(40)32(35)8-4-7-31-20-43-29(23-48-31)24-49-37(46)42-17-18-47-30-5-2-1-3-6-30/h1-3,5-6,9-16,21-22,29,31,33,43H,8,17-20,23-24H2,(H,42,46)(H,44,45)/t29-,31?/m0/s1. The zero-order valence-corrected chi connectivity index (χ0v) is 26.5. The van der Waals surface area contributed by atoms with Crippen LogP contribution in [0.4, 0.5) is 23.7 Å². The van der Waals surface area contributed by atoms with Crippen LogP contribution >= 0.6 is 0 Å². The Hall–Kier alpha value is -5.38. The van der Waals surface area contributed by atoms with Gasteiger partial charge in [-0.3, -0.25) is 9.78 Å². The molecule has 0 aliphatic carbocycles. The average molecular weight is 673 g/mol. The van der Waals surface area contributed by atoms with Crippen LogP contribution in [0.5, 0.6) is 5.75 Å². The summed E-state index contributed by atoms with van der Waals surface area (Å²) in [5.41, 5.74) is 1.65. The predicted molar refractivity (Wildman–Crippen MR) is 176 cm³/mol. The van der Waals surface area contributed by atoms with Gasteiger partial charge in [0.1, 0.15) is 42.5 Å². The number of rotatable bonds is 12. The van der Waals surface area contributed by atoms with E-state index in [1.165, 1.54) is 30.5 Å². The van der Waals surface area contributed by atoms with Crippen molar-refractivity contribution in [2.24, 2.45) is 0 Å². The van der Waals surface area contributed by atoms with E-state index in [-0.39, 0.29) is 49.9 Å². The Balaban J connectivity index is 1.09. The lowest BCUT2D eigenvalue weighted by Crippen LogP contribution is -2.49. The molecular weight excluding hydrogens is 637 g/mol. The van der Waals surface area contributed by atoms with Gasteiger partial charge in [-0.1, -0.05) is 54.3 Å². The molecule has 1 fully saturated rings. The van der Waals surface area contributed by atoms with Crippen molar-refractivity contribution >= 4 is 17.7 Å². The number of hydrogen-bond donors (Lipinski definition) is 3. The molecule has 3 N–H and O–H groups in total. The first-order valence-corrected chi connectivity index (χ1v) is 15.7. The summed E-state index contributed by atoms with van der Waals surface area (Å²) >= 11 is 0. The number of pyridine rings is 1. The van der Waals surface area contributed by atoms with Crippen LogP contribution in [0.15, 0.2) is 91.3 Å². The summed E-state index contributed by atoms with van der Waals surface area (Å²) in [5, 5.41) is 8.58. The molecule has 2 amide bonds. The number of para-hydroxylation sites is 1. The number of hydrogen-bond acceptors (Lipinski definition) is 7. The van der Waals surface area contributed by atoms with E-state index >= 15 is 0 Å². The lowest BCUT2D eigenvalue weighted by molar-refractivity contribution is -0.116. The molecule has 5 rings (SSSR count). The number of benzene rings is 3. The van der Waals surface area contributed by atoms with E-state index in [1.807, 2.05) is 30.3 Å². The highest BCUT2D eigenvalue weighted by Gasteiger charge is 2.22. The molecule has 2 atom stereocenters. The highest BCUT2D eigenvalue weighted by atomic mass is 19.1. The number of ether oxygens (including phenoxy) is 3. The van der Waals surface area contributed by atoms with Crippen molar-refractivity contribution in [3.8, 4) is 17.6 Å². The molecular formula is C37H35F3N4O5. The summed E-state index contributed by atoms with van der Waals surface area (Å²) in [6.07, 6.45) is 1.25. The van der Waals surface area contributed by atoms with E-state index in [0.717, 1.165) is 6.20 Å². The Morgan fingerprint density at radius 2 is 1.65 bits per heavy atom. The fourth-order valence-corrected chi connectivity index (χ4v) is 5.10. The number of aromatic nitrogens is 1. The number of morpholine rings is 1. The van der Waals surface area contributed by atoms with Crippen LogP contribution in [0.3, 0.4) is 0 Å². The second kappa shape index (κ2) is 17.7. The number of anilines is 1. The molecule has 0 bridgehead atoms. The van der Waals surface area contributed by atoms with Gasteiger partial charge in [-0.25, -0.2) is 18.0 Å². The normalized spacial score (nSPS) is 15.5. The number of carbonyl (C=O) groups excluding carboxylic acids is 2. The zero-order chi connectivity index (χ0) is 34.4. The predicted octanol–water partition coefficient (Wildman–Crippen LogP) is 5.37. The van der Waals surface area contributed by atoms with Crippen LogP contribution in [0.1, 0.15) is 29.0 Å². The molecule has 2 heterocycles. The molecule has 1 aliphatic rings. The van der Waals surface area contributed by atoms with E-state index in [4.69, 9.17) is 14.2 Å². The number of halogens is 3. The maximum Gasteiger partial charge on any atom is 0.407 e. The van der Waals surface area contributed by atoms with Gasteiger partial charge in [-0.15, -0.1) is 0 Å². The molecule has 3 aromatic carbocycles. The van der Waals surface area contributed by atoms with Crippen LogP contribution < -0.4 is 20.7 Å². The number of carbonyl (C=O) groups is 2. The van der Waals surface area contributed by atoms with E-state index in [1.54, 1.807) is 24.3 Å². The summed E-state index contributed by atoms with van der Waals surface area (Å²) in [7, 11) is 0. The van der Waals surface area contributed by atoms with Crippen LogP contribution in [0.25, 0.3) is 0 Å². The topological polar surface area (TPSA) is 111 Å². The van der Waals surface area contributed by atoms with Crippen molar-refractivity contribution in [2.75, 3.05) is 38.2 Å². The molecule has 0 spiro atoms. The molecule has 4 aromatic rings. The second-order valence-electron chi connectivity index (χ2n) is 11.2. The first-order chi connectivity index (χ1) is 23.8. The van der Waals surface area contributed by atoms with E-state index in [2.05, 4.69) is 32.8 Å². The summed E-state index contributed by atoms with van der Waals surface area (Å²) in [4.78, 5) is 29.1. The minimum atomic E-state index is -0.634. The van der Waals surface area contributed by atoms with Gasteiger partial charge in [0.15, 0.2) is 0 Å². The lowest BCUT2D eigenvalue weighted by Gasteiger charge is -2.27. The molecule has 49 heavy (non-hydrogen) atoms. The van der Waals surface area contributed by atoms with Gasteiger partial charge in [0.05, 0.1) is 37.3 Å². The van der Waals surface area contributed by atoms with Gasteiger partial charge >= 0.3 is 6.09 Å². The maximum absolute atomic E-state index is 14.9. The number of amides is 2. The molecule has 12 heteroatoms. The van der Waals surface area contributed by atoms with Crippen molar-refractivity contribution in [1.82, 2.24) is 15.6 Å². The minimum Gasteiger partial charge on any atom is -0.492 e. The van der Waals surface area contributed by atoms with Gasteiger partial charge in [-0.05, 0) is 47.5 Å². The summed E-state index contributed by atoms with van der Waals surface area (Å²) in [5.74, 6) is 4.17. The van der Waals surface area contributed by atoms with Gasteiger partial charge in [0.25, 0.3) is 0 Å². The minimum absolute atomic E-state index is 0.0239. The quantitative estimate of drug-likeness (QED) is 0.137. The van der Waals surface area contributed by atoms with E-state index in [0.29, 0.717) is 30.0 Å². The van der Waals surface area contributed by atoms with E-state index in [9.17, 15) is 22.8 Å². The Morgan fingerprint density at radius 3 is 2.31 bits per heavy atom. The molecule has 1 aliphatic heterocycles. The van der Waals surface area contributed by atoms with Gasteiger partial charge < -0.3 is 30.2 Å². The molecule has 0 radical (unpaired) electrons. The van der Waals surface area contributed by atoms with Gasteiger partial charge in [0.2, 0.25) is 5.91 Å². The van der Waals surface area contributed by atoms with Crippen LogP contribution in [0.2, 0.25) is 0 Å². The van der Waals surface area contributed by atoms with Crippen molar-refractivity contribution in [3.05, 3.63) is 125 Å². The first kappa shape index (κ1) is 34.9. The molecule has 254 valence electrons. The summed E-state index contributed by atoms with van der Waals surface area (Å²) in [6, 6.07) is 20.5. The summed E-state index contributed by atoms with van der Waals surface area (Å²) in [6.45, 7) is 1.30. The smallest absolute Gasteiger partial charge is 0.407 e. The van der Waals surface area contributed by atoms with Crippen LogP contribution in [-0.4, -0.2) is 62.0 Å². The Bertz CT molecular complexity index is 1690. The molecule has 0 saturated carbocycles. The van der Waals surface area contributed by atoms with Gasteiger partial charge in [0, 0.05) is 30.9 Å². The van der Waals surface area contributed by atoms with Gasteiger partial charge in [-0.2, -0.15) is 0 Å². The Morgan fingerprint density at radius 1 is 0.959 bits per heavy atom. The number of nitrogens with zero attached hydrogens (tertiary/aromatic N) is 1. The number of nitrogens with one attached hydrogen (secondary N) is 3. The monoisotopic (exact) mass is 672 g/mol. The summed E-state index contributed by atoms with van der Waals surface area (Å²) < 4.78 is 58.6. The van der Waals surface area contributed by atoms with Crippen molar-refractivity contribution in [2.45, 2.75) is 30.9 Å². The third kappa shape index (κ3) is 10.8. The molecule has 9 nitrogen and oxygen atoms in total. The number of alkyl carbamates (subject to hydrolysis) is 1. The van der Waals surface area contributed by atoms with Crippen molar-refractivity contribution in [3.63, 3.8) is 0 Å². The highest BCUT2D eigenvalue weighted by Crippen LogP contribution is 2.29. The van der Waals surface area contributed by atoms with E-state index < -0.39 is 41.5 Å². The van der Waals surface area contributed by atoms with Crippen molar-refractivity contribution < 1.29 is 37.0 Å². The molecule has 1 aromatic heterocycles.